The summed E-state index contributed by atoms with van der Waals surface area (Å²) in [4.78, 5) is 18.5. The maximum absolute atomic E-state index is 12.3. The van der Waals surface area contributed by atoms with E-state index in [2.05, 4.69) is 25.9 Å². The molecular formula is C13H27N3O. The molecule has 1 fully saturated rings. The summed E-state index contributed by atoms with van der Waals surface area (Å²) in [6.07, 6.45) is 4.64. The van der Waals surface area contributed by atoms with Crippen LogP contribution in [-0.4, -0.2) is 67.5 Å². The van der Waals surface area contributed by atoms with Crippen molar-refractivity contribution >= 4 is 6.03 Å². The van der Waals surface area contributed by atoms with Crippen LogP contribution in [0.5, 0.6) is 0 Å². The topological polar surface area (TPSA) is 26.8 Å². The van der Waals surface area contributed by atoms with E-state index in [1.54, 1.807) is 0 Å². The number of piperidine rings is 1. The number of nitrogens with zero attached hydrogens (tertiary/aromatic N) is 3. The summed E-state index contributed by atoms with van der Waals surface area (Å²) in [7, 11) is 4.10. The molecular weight excluding hydrogens is 214 g/mol. The number of hydrogen-bond donors (Lipinski definition) is 0. The Morgan fingerprint density at radius 1 is 1.06 bits per heavy atom. The molecule has 1 saturated heterocycles. The minimum absolute atomic E-state index is 0.244. The molecule has 100 valence electrons. The standard InChI is InChI=1S/C13H27N3O/c1-4-8-15(12-11-14(2)3)13(17)16-9-6-5-7-10-16/h4-12H2,1-3H3. The summed E-state index contributed by atoms with van der Waals surface area (Å²) in [6, 6.07) is 0.244. The zero-order valence-corrected chi connectivity index (χ0v) is 11.6. The van der Waals surface area contributed by atoms with Gasteiger partial charge in [-0.1, -0.05) is 6.92 Å². The number of likely N-dealkylation sites (tertiary alicyclic amines) is 1. The molecule has 0 bridgehead atoms. The van der Waals surface area contributed by atoms with Gasteiger partial charge in [0, 0.05) is 32.7 Å². The van der Waals surface area contributed by atoms with Crippen LogP contribution in [0, 0.1) is 0 Å². The number of carbonyl (C=O) groups is 1. The van der Waals surface area contributed by atoms with E-state index in [1.165, 1.54) is 19.3 Å². The van der Waals surface area contributed by atoms with Crippen molar-refractivity contribution in [3.05, 3.63) is 0 Å². The molecule has 0 atom stereocenters. The van der Waals surface area contributed by atoms with Gasteiger partial charge in [-0.2, -0.15) is 0 Å². The van der Waals surface area contributed by atoms with E-state index in [9.17, 15) is 4.79 Å². The van der Waals surface area contributed by atoms with Crippen molar-refractivity contribution in [1.82, 2.24) is 14.7 Å². The van der Waals surface area contributed by atoms with Gasteiger partial charge in [0.2, 0.25) is 0 Å². The minimum atomic E-state index is 0.244. The average molecular weight is 241 g/mol. The first kappa shape index (κ1) is 14.3. The zero-order chi connectivity index (χ0) is 12.7. The van der Waals surface area contributed by atoms with E-state index < -0.39 is 0 Å². The minimum Gasteiger partial charge on any atom is -0.325 e. The molecule has 1 heterocycles. The molecule has 0 aliphatic carbocycles. The number of hydrogen-bond acceptors (Lipinski definition) is 2. The Bertz CT molecular complexity index is 225. The van der Waals surface area contributed by atoms with Gasteiger partial charge in [-0.25, -0.2) is 4.79 Å². The number of likely N-dealkylation sites (N-methyl/N-ethyl adjacent to an activating group) is 1. The number of urea groups is 1. The molecule has 0 aromatic heterocycles. The molecule has 1 rings (SSSR count). The van der Waals surface area contributed by atoms with Gasteiger partial charge in [-0.15, -0.1) is 0 Å². The van der Waals surface area contributed by atoms with Gasteiger partial charge in [0.1, 0.15) is 0 Å². The van der Waals surface area contributed by atoms with Gasteiger partial charge < -0.3 is 14.7 Å². The largest absolute Gasteiger partial charge is 0.325 e. The molecule has 0 saturated carbocycles. The van der Waals surface area contributed by atoms with E-state index >= 15 is 0 Å². The van der Waals surface area contributed by atoms with Crippen molar-refractivity contribution in [3.63, 3.8) is 0 Å². The van der Waals surface area contributed by atoms with E-state index in [0.29, 0.717) is 0 Å². The normalized spacial score (nSPS) is 16.4. The number of carbonyl (C=O) groups excluding carboxylic acids is 1. The van der Waals surface area contributed by atoms with Crippen LogP contribution >= 0.6 is 0 Å². The predicted octanol–water partition coefficient (Wildman–Crippen LogP) is 1.87. The third kappa shape index (κ3) is 4.94. The Balaban J connectivity index is 2.46. The van der Waals surface area contributed by atoms with Crippen molar-refractivity contribution < 1.29 is 4.79 Å². The van der Waals surface area contributed by atoms with Gasteiger partial charge in [0.15, 0.2) is 0 Å². The van der Waals surface area contributed by atoms with Gasteiger partial charge in [-0.05, 0) is 39.8 Å². The quantitative estimate of drug-likeness (QED) is 0.734. The van der Waals surface area contributed by atoms with Gasteiger partial charge >= 0.3 is 6.03 Å². The van der Waals surface area contributed by atoms with Gasteiger partial charge in [0.05, 0.1) is 0 Å². The van der Waals surface area contributed by atoms with Crippen LogP contribution in [0.25, 0.3) is 0 Å². The lowest BCUT2D eigenvalue weighted by atomic mass is 10.1. The van der Waals surface area contributed by atoms with Crippen LogP contribution in [-0.2, 0) is 0 Å². The third-order valence-corrected chi connectivity index (χ3v) is 3.21. The lowest BCUT2D eigenvalue weighted by Gasteiger charge is -2.33. The predicted molar refractivity (Wildman–Crippen MR) is 71.2 cm³/mol. The highest BCUT2D eigenvalue weighted by Crippen LogP contribution is 2.11. The highest BCUT2D eigenvalue weighted by Gasteiger charge is 2.21. The molecule has 0 radical (unpaired) electrons. The Labute approximate surface area is 106 Å². The van der Waals surface area contributed by atoms with Crippen molar-refractivity contribution in [3.8, 4) is 0 Å². The van der Waals surface area contributed by atoms with Crippen molar-refractivity contribution in [2.75, 3.05) is 46.8 Å². The monoisotopic (exact) mass is 241 g/mol. The fourth-order valence-electron chi connectivity index (χ4n) is 2.18. The number of amides is 2. The van der Waals surface area contributed by atoms with E-state index in [0.717, 1.165) is 39.1 Å². The third-order valence-electron chi connectivity index (χ3n) is 3.21. The second-order valence-electron chi connectivity index (χ2n) is 5.12. The van der Waals surface area contributed by atoms with Gasteiger partial charge in [-0.3, -0.25) is 0 Å². The zero-order valence-electron chi connectivity index (χ0n) is 11.6. The summed E-state index contributed by atoms with van der Waals surface area (Å²) < 4.78 is 0. The summed E-state index contributed by atoms with van der Waals surface area (Å²) in [5, 5.41) is 0. The average Bonchev–Trinajstić information content (AvgIpc) is 2.34. The first-order valence-electron chi connectivity index (χ1n) is 6.83. The van der Waals surface area contributed by atoms with Crippen molar-refractivity contribution in [2.24, 2.45) is 0 Å². The Kier molecular flexibility index (Phi) is 6.34. The SMILES string of the molecule is CCCN(CCN(C)C)C(=O)N1CCCCC1. The Morgan fingerprint density at radius 2 is 1.71 bits per heavy atom. The van der Waals surface area contributed by atoms with Crippen molar-refractivity contribution in [1.29, 1.82) is 0 Å². The second-order valence-corrected chi connectivity index (χ2v) is 5.12. The highest BCUT2D eigenvalue weighted by molar-refractivity contribution is 5.74. The summed E-state index contributed by atoms with van der Waals surface area (Å²) in [5.74, 6) is 0. The molecule has 1 aliphatic heterocycles. The Hall–Kier alpha value is -0.770. The Morgan fingerprint density at radius 3 is 2.24 bits per heavy atom. The smallest absolute Gasteiger partial charge is 0.320 e. The van der Waals surface area contributed by atoms with E-state index in [4.69, 9.17) is 0 Å². The summed E-state index contributed by atoms with van der Waals surface area (Å²) in [6.45, 7) is 6.69. The molecule has 0 aromatic carbocycles. The summed E-state index contributed by atoms with van der Waals surface area (Å²) in [5.41, 5.74) is 0. The molecule has 0 unspecified atom stereocenters. The molecule has 0 N–H and O–H groups in total. The lowest BCUT2D eigenvalue weighted by molar-refractivity contribution is 0.140. The molecule has 0 aromatic rings. The first-order valence-corrected chi connectivity index (χ1v) is 6.83. The van der Waals surface area contributed by atoms with Crippen LogP contribution in [0.15, 0.2) is 0 Å². The fourth-order valence-corrected chi connectivity index (χ4v) is 2.18. The van der Waals surface area contributed by atoms with Crippen LogP contribution in [0.1, 0.15) is 32.6 Å². The fraction of sp³-hybridized carbons (Fsp3) is 0.923. The first-order chi connectivity index (χ1) is 8.15. The molecule has 1 aliphatic rings. The molecule has 17 heavy (non-hydrogen) atoms. The maximum Gasteiger partial charge on any atom is 0.320 e. The highest BCUT2D eigenvalue weighted by atomic mass is 16.2. The molecule has 4 nitrogen and oxygen atoms in total. The van der Waals surface area contributed by atoms with Crippen LogP contribution in [0.2, 0.25) is 0 Å². The lowest BCUT2D eigenvalue weighted by Crippen LogP contribution is -2.47. The van der Waals surface area contributed by atoms with Crippen LogP contribution < -0.4 is 0 Å². The molecule has 2 amide bonds. The molecule has 0 spiro atoms. The second kappa shape index (κ2) is 7.54. The van der Waals surface area contributed by atoms with Crippen LogP contribution in [0.3, 0.4) is 0 Å². The molecule has 4 heteroatoms. The van der Waals surface area contributed by atoms with E-state index in [-0.39, 0.29) is 6.03 Å². The van der Waals surface area contributed by atoms with E-state index in [1.807, 2.05) is 9.80 Å². The maximum atomic E-state index is 12.3. The van der Waals surface area contributed by atoms with Crippen LogP contribution in [0.4, 0.5) is 4.79 Å². The summed E-state index contributed by atoms with van der Waals surface area (Å²) >= 11 is 0. The van der Waals surface area contributed by atoms with Gasteiger partial charge in [0.25, 0.3) is 0 Å². The number of rotatable bonds is 5. The van der Waals surface area contributed by atoms with Crippen molar-refractivity contribution in [2.45, 2.75) is 32.6 Å².